The Hall–Kier alpha value is -2.54. The molecule has 1 aliphatic heterocycles. The van der Waals surface area contributed by atoms with E-state index in [4.69, 9.17) is 0 Å². The van der Waals surface area contributed by atoms with Gasteiger partial charge in [0.15, 0.2) is 0 Å². The van der Waals surface area contributed by atoms with Crippen molar-refractivity contribution in [2.75, 3.05) is 26.2 Å². The molecule has 1 aliphatic rings. The molecule has 1 fully saturated rings. The number of amides is 1. The van der Waals surface area contributed by atoms with Crippen molar-refractivity contribution >= 4 is 5.91 Å². The normalized spacial score (nSPS) is 14.8. The minimum absolute atomic E-state index is 0.0950. The number of benzene rings is 1. The number of aromatic nitrogens is 2. The van der Waals surface area contributed by atoms with Crippen molar-refractivity contribution in [2.24, 2.45) is 0 Å². The molecule has 2 heterocycles. The topological polar surface area (TPSA) is 78.1 Å². The SMILES string of the molecule is CCc1c(Cc2ccc(F)c(C(=O)N3CCCNCC3)c2)n[nH]c(=O)c1CC. The van der Waals surface area contributed by atoms with Crippen LogP contribution in [0.5, 0.6) is 0 Å². The maximum Gasteiger partial charge on any atom is 0.267 e. The maximum atomic E-state index is 14.4. The number of H-pyrrole nitrogens is 1. The zero-order chi connectivity index (χ0) is 20.1. The van der Waals surface area contributed by atoms with Gasteiger partial charge in [-0.2, -0.15) is 5.10 Å². The van der Waals surface area contributed by atoms with Crippen LogP contribution in [0.4, 0.5) is 4.39 Å². The molecule has 0 radical (unpaired) electrons. The quantitative estimate of drug-likeness (QED) is 0.825. The third-order valence-electron chi connectivity index (χ3n) is 5.25. The summed E-state index contributed by atoms with van der Waals surface area (Å²) in [5.41, 5.74) is 3.17. The van der Waals surface area contributed by atoms with Crippen LogP contribution in [0.3, 0.4) is 0 Å². The first kappa shape index (κ1) is 20.2. The molecular weight excluding hydrogens is 359 g/mol. The Kier molecular flexibility index (Phi) is 6.57. The summed E-state index contributed by atoms with van der Waals surface area (Å²) in [5, 5.41) is 10.0. The standard InChI is InChI=1S/C21H27FN4O2/c1-3-15-16(4-2)20(27)25-24-19(15)13-14-6-7-18(22)17(12-14)21(28)26-10-5-8-23-9-11-26/h6-7,12,23H,3-5,8-11,13H2,1-2H3,(H,25,27). The van der Waals surface area contributed by atoms with E-state index < -0.39 is 5.82 Å². The van der Waals surface area contributed by atoms with Gasteiger partial charge in [0.2, 0.25) is 0 Å². The van der Waals surface area contributed by atoms with E-state index >= 15 is 0 Å². The summed E-state index contributed by atoms with van der Waals surface area (Å²) in [6.45, 7) is 6.71. The lowest BCUT2D eigenvalue weighted by Crippen LogP contribution is -2.34. The Morgan fingerprint density at radius 1 is 1.18 bits per heavy atom. The zero-order valence-corrected chi connectivity index (χ0v) is 16.5. The number of nitrogens with zero attached hydrogens (tertiary/aromatic N) is 2. The molecule has 1 aromatic heterocycles. The number of carbonyl (C=O) groups excluding carboxylic acids is 1. The van der Waals surface area contributed by atoms with Gasteiger partial charge in [-0.25, -0.2) is 9.49 Å². The second-order valence-electron chi connectivity index (χ2n) is 7.05. The molecule has 0 atom stereocenters. The Morgan fingerprint density at radius 3 is 2.71 bits per heavy atom. The van der Waals surface area contributed by atoms with E-state index in [1.165, 1.54) is 6.07 Å². The van der Waals surface area contributed by atoms with E-state index in [9.17, 15) is 14.0 Å². The predicted octanol–water partition coefficient (Wildman–Crippen LogP) is 2.06. The monoisotopic (exact) mass is 386 g/mol. The highest BCUT2D eigenvalue weighted by molar-refractivity contribution is 5.94. The Labute approximate surface area is 164 Å². The smallest absolute Gasteiger partial charge is 0.267 e. The van der Waals surface area contributed by atoms with Gasteiger partial charge in [-0.1, -0.05) is 19.9 Å². The molecule has 150 valence electrons. The van der Waals surface area contributed by atoms with Crippen LogP contribution in [0.15, 0.2) is 23.0 Å². The number of carbonyl (C=O) groups is 1. The third-order valence-corrected chi connectivity index (χ3v) is 5.25. The molecule has 0 saturated carbocycles. The first-order valence-corrected chi connectivity index (χ1v) is 9.92. The van der Waals surface area contributed by atoms with Gasteiger partial charge in [-0.05, 0) is 49.1 Å². The largest absolute Gasteiger partial charge is 0.337 e. The van der Waals surface area contributed by atoms with Crippen molar-refractivity contribution in [3.8, 4) is 0 Å². The van der Waals surface area contributed by atoms with E-state index in [-0.39, 0.29) is 17.0 Å². The van der Waals surface area contributed by atoms with Gasteiger partial charge in [0, 0.05) is 31.6 Å². The van der Waals surface area contributed by atoms with Crippen molar-refractivity contribution in [1.29, 1.82) is 0 Å². The van der Waals surface area contributed by atoms with Crippen LogP contribution in [0.25, 0.3) is 0 Å². The molecule has 2 aromatic rings. The van der Waals surface area contributed by atoms with Crippen LogP contribution < -0.4 is 10.9 Å². The molecule has 0 unspecified atom stereocenters. The van der Waals surface area contributed by atoms with Crippen molar-refractivity contribution in [1.82, 2.24) is 20.4 Å². The van der Waals surface area contributed by atoms with Crippen molar-refractivity contribution in [2.45, 2.75) is 39.5 Å². The fourth-order valence-corrected chi connectivity index (χ4v) is 3.76. The van der Waals surface area contributed by atoms with E-state index in [1.807, 2.05) is 13.8 Å². The molecule has 0 bridgehead atoms. The molecule has 2 N–H and O–H groups in total. The summed E-state index contributed by atoms with van der Waals surface area (Å²) in [6, 6.07) is 4.64. The van der Waals surface area contributed by atoms with Gasteiger partial charge in [-0.15, -0.1) is 0 Å². The average Bonchev–Trinajstić information content (AvgIpc) is 2.99. The molecule has 28 heavy (non-hydrogen) atoms. The highest BCUT2D eigenvalue weighted by atomic mass is 19.1. The molecule has 7 heteroatoms. The van der Waals surface area contributed by atoms with Crippen LogP contribution >= 0.6 is 0 Å². The van der Waals surface area contributed by atoms with Gasteiger partial charge in [0.05, 0.1) is 11.3 Å². The average molecular weight is 386 g/mol. The van der Waals surface area contributed by atoms with Gasteiger partial charge < -0.3 is 10.2 Å². The number of rotatable bonds is 5. The number of hydrogen-bond donors (Lipinski definition) is 2. The van der Waals surface area contributed by atoms with Crippen LogP contribution in [-0.4, -0.2) is 47.2 Å². The summed E-state index contributed by atoms with van der Waals surface area (Å²) >= 11 is 0. The van der Waals surface area contributed by atoms with E-state index in [0.29, 0.717) is 38.9 Å². The molecule has 0 spiro atoms. The molecular formula is C21H27FN4O2. The Morgan fingerprint density at radius 2 is 1.96 bits per heavy atom. The molecule has 1 amide bonds. The number of nitrogens with one attached hydrogen (secondary N) is 2. The first-order chi connectivity index (χ1) is 13.5. The van der Waals surface area contributed by atoms with E-state index in [0.717, 1.165) is 35.3 Å². The summed E-state index contributed by atoms with van der Waals surface area (Å²) < 4.78 is 14.4. The number of hydrogen-bond acceptors (Lipinski definition) is 4. The van der Waals surface area contributed by atoms with Crippen molar-refractivity contribution in [3.63, 3.8) is 0 Å². The second kappa shape index (κ2) is 9.10. The summed E-state index contributed by atoms with van der Waals surface area (Å²) in [5.74, 6) is -0.784. The minimum Gasteiger partial charge on any atom is -0.337 e. The predicted molar refractivity (Wildman–Crippen MR) is 106 cm³/mol. The van der Waals surface area contributed by atoms with Crippen molar-refractivity contribution < 1.29 is 9.18 Å². The van der Waals surface area contributed by atoms with Gasteiger partial charge in [-0.3, -0.25) is 9.59 Å². The van der Waals surface area contributed by atoms with Crippen LogP contribution in [0.1, 0.15) is 53.0 Å². The van der Waals surface area contributed by atoms with Crippen LogP contribution in [-0.2, 0) is 19.3 Å². The Balaban J connectivity index is 1.90. The fraction of sp³-hybridized carbons (Fsp3) is 0.476. The van der Waals surface area contributed by atoms with Crippen LogP contribution in [0, 0.1) is 5.82 Å². The number of aromatic amines is 1. The highest BCUT2D eigenvalue weighted by Gasteiger charge is 2.21. The van der Waals surface area contributed by atoms with Gasteiger partial charge in [0.25, 0.3) is 11.5 Å². The van der Waals surface area contributed by atoms with Crippen LogP contribution in [0.2, 0.25) is 0 Å². The third kappa shape index (κ3) is 4.30. The minimum atomic E-state index is -0.509. The van der Waals surface area contributed by atoms with Crippen molar-refractivity contribution in [3.05, 3.63) is 62.3 Å². The van der Waals surface area contributed by atoms with E-state index in [2.05, 4.69) is 15.5 Å². The molecule has 0 aliphatic carbocycles. The molecule has 1 aromatic carbocycles. The Bertz CT molecular complexity index is 902. The fourth-order valence-electron chi connectivity index (χ4n) is 3.76. The second-order valence-corrected chi connectivity index (χ2v) is 7.05. The summed E-state index contributed by atoms with van der Waals surface area (Å²) in [6.07, 6.45) is 2.62. The lowest BCUT2D eigenvalue weighted by molar-refractivity contribution is 0.0761. The summed E-state index contributed by atoms with van der Waals surface area (Å²) in [4.78, 5) is 26.5. The van der Waals surface area contributed by atoms with E-state index in [1.54, 1.807) is 17.0 Å². The molecule has 1 saturated heterocycles. The lowest BCUT2D eigenvalue weighted by Gasteiger charge is -2.20. The molecule has 6 nitrogen and oxygen atoms in total. The molecule has 3 rings (SSSR count). The zero-order valence-electron chi connectivity index (χ0n) is 16.5. The lowest BCUT2D eigenvalue weighted by atomic mass is 9.98. The van der Waals surface area contributed by atoms with Gasteiger partial charge >= 0.3 is 0 Å². The first-order valence-electron chi connectivity index (χ1n) is 9.92. The maximum absolute atomic E-state index is 14.4. The van der Waals surface area contributed by atoms with Gasteiger partial charge in [0.1, 0.15) is 5.82 Å². The summed E-state index contributed by atoms with van der Waals surface area (Å²) in [7, 11) is 0. The number of halogens is 1. The highest BCUT2D eigenvalue weighted by Crippen LogP contribution is 2.19.